The molecule has 1 aromatic rings. The van der Waals surface area contributed by atoms with Gasteiger partial charge in [0.25, 0.3) is 0 Å². The summed E-state index contributed by atoms with van der Waals surface area (Å²) in [5.74, 6) is 0. The van der Waals surface area contributed by atoms with Crippen molar-refractivity contribution >= 4 is 52.3 Å². The van der Waals surface area contributed by atoms with Crippen LogP contribution in [0.2, 0.25) is 0 Å². The fourth-order valence-electron chi connectivity index (χ4n) is 2.72. The first-order chi connectivity index (χ1) is 10.2. The van der Waals surface area contributed by atoms with E-state index in [1.807, 2.05) is 18.2 Å². The van der Waals surface area contributed by atoms with Crippen LogP contribution in [-0.2, 0) is 0 Å². The number of hydrogen-bond donors (Lipinski definition) is 0. The van der Waals surface area contributed by atoms with Gasteiger partial charge in [-0.2, -0.15) is 0 Å². The number of benzene rings is 1. The van der Waals surface area contributed by atoms with Crippen molar-refractivity contribution in [3.05, 3.63) is 37.4 Å². The SMILES string of the molecule is C=CCN1CN(CC=C)c2c1ccc1c2N=CC(Cl)N1Cl. The number of halogens is 2. The van der Waals surface area contributed by atoms with Crippen molar-refractivity contribution in [3.8, 4) is 0 Å². The van der Waals surface area contributed by atoms with Crippen LogP contribution in [0, 0.1) is 0 Å². The molecule has 4 nitrogen and oxygen atoms in total. The van der Waals surface area contributed by atoms with Gasteiger partial charge >= 0.3 is 0 Å². The van der Waals surface area contributed by atoms with Gasteiger partial charge in [0.15, 0.2) is 5.50 Å². The van der Waals surface area contributed by atoms with Crippen LogP contribution in [0.25, 0.3) is 0 Å². The highest BCUT2D eigenvalue weighted by Gasteiger charge is 2.32. The highest BCUT2D eigenvalue weighted by atomic mass is 35.5. The van der Waals surface area contributed by atoms with Crippen LogP contribution in [-0.4, -0.2) is 31.5 Å². The standard InChI is InChI=1S/C15H16Cl2N4/c1-3-7-19-10-20(8-4-2)15-12(19)6-5-11-14(15)18-9-13(16)21(11)17/h3-6,9,13H,1-2,7-8,10H2. The summed E-state index contributed by atoms with van der Waals surface area (Å²) in [6, 6.07) is 4.02. The van der Waals surface area contributed by atoms with Gasteiger partial charge in [-0.05, 0) is 12.1 Å². The van der Waals surface area contributed by atoms with Crippen LogP contribution in [0.4, 0.5) is 22.7 Å². The molecule has 0 saturated carbocycles. The second-order valence-electron chi connectivity index (χ2n) is 4.93. The minimum atomic E-state index is -0.434. The van der Waals surface area contributed by atoms with Crippen LogP contribution in [0.5, 0.6) is 0 Å². The van der Waals surface area contributed by atoms with Gasteiger partial charge in [0.05, 0.1) is 23.7 Å². The minimum Gasteiger partial charge on any atom is -0.348 e. The number of anilines is 3. The molecule has 0 saturated heterocycles. The van der Waals surface area contributed by atoms with Gasteiger partial charge in [-0.3, -0.25) is 9.41 Å². The molecule has 0 bridgehead atoms. The Balaban J connectivity index is 2.12. The summed E-state index contributed by atoms with van der Waals surface area (Å²) >= 11 is 12.4. The van der Waals surface area contributed by atoms with Crippen LogP contribution in [0.3, 0.4) is 0 Å². The van der Waals surface area contributed by atoms with Gasteiger partial charge in [0, 0.05) is 31.1 Å². The first-order valence-corrected chi connectivity index (χ1v) is 7.46. The van der Waals surface area contributed by atoms with Gasteiger partial charge in [-0.1, -0.05) is 23.8 Å². The van der Waals surface area contributed by atoms with Crippen molar-refractivity contribution < 1.29 is 0 Å². The molecule has 2 aliphatic rings. The Morgan fingerprint density at radius 3 is 2.57 bits per heavy atom. The van der Waals surface area contributed by atoms with E-state index in [1.165, 1.54) is 4.42 Å². The molecular weight excluding hydrogens is 307 g/mol. The summed E-state index contributed by atoms with van der Waals surface area (Å²) in [7, 11) is 0. The van der Waals surface area contributed by atoms with E-state index < -0.39 is 5.50 Å². The van der Waals surface area contributed by atoms with Gasteiger partial charge in [-0.15, -0.1) is 13.2 Å². The van der Waals surface area contributed by atoms with E-state index in [-0.39, 0.29) is 0 Å². The number of rotatable bonds is 4. The molecule has 2 heterocycles. The second kappa shape index (κ2) is 5.62. The summed E-state index contributed by atoms with van der Waals surface area (Å²) in [5.41, 5.74) is 3.45. The zero-order valence-corrected chi connectivity index (χ0v) is 13.1. The summed E-state index contributed by atoms with van der Waals surface area (Å²) in [4.78, 5) is 8.98. The Kier molecular flexibility index (Phi) is 3.83. The average Bonchev–Trinajstić information content (AvgIpc) is 2.82. The normalized spacial score (nSPS) is 19.5. The molecule has 3 rings (SSSR count). The Labute approximate surface area is 134 Å². The molecule has 1 unspecified atom stereocenters. The number of nitrogens with zero attached hydrogens (tertiary/aromatic N) is 4. The number of aliphatic imine (C=N–C) groups is 1. The van der Waals surface area contributed by atoms with Gasteiger partial charge in [-0.25, -0.2) is 0 Å². The third-order valence-electron chi connectivity index (χ3n) is 3.58. The minimum absolute atomic E-state index is 0.434. The van der Waals surface area contributed by atoms with Crippen LogP contribution >= 0.6 is 23.4 Å². The molecule has 1 aromatic carbocycles. The third kappa shape index (κ3) is 2.28. The first kappa shape index (κ1) is 14.3. The van der Waals surface area contributed by atoms with Crippen molar-refractivity contribution in [2.75, 3.05) is 34.0 Å². The third-order valence-corrected chi connectivity index (χ3v) is 4.38. The quantitative estimate of drug-likeness (QED) is 0.363. The van der Waals surface area contributed by atoms with Crippen molar-refractivity contribution in [2.45, 2.75) is 5.50 Å². The predicted molar refractivity (Wildman–Crippen MR) is 92.5 cm³/mol. The van der Waals surface area contributed by atoms with Crippen LogP contribution in [0.15, 0.2) is 42.4 Å². The topological polar surface area (TPSA) is 22.1 Å². The number of hydrogen-bond acceptors (Lipinski definition) is 4. The fourth-order valence-corrected chi connectivity index (χ4v) is 3.07. The lowest BCUT2D eigenvalue weighted by atomic mass is 10.1. The Morgan fingerprint density at radius 2 is 1.86 bits per heavy atom. The van der Waals surface area contributed by atoms with E-state index in [0.717, 1.165) is 42.5 Å². The van der Waals surface area contributed by atoms with Crippen molar-refractivity contribution in [1.29, 1.82) is 0 Å². The molecule has 0 aliphatic carbocycles. The van der Waals surface area contributed by atoms with E-state index in [1.54, 1.807) is 6.21 Å². The maximum absolute atomic E-state index is 6.26. The Hall–Kier alpha value is -1.65. The lowest BCUT2D eigenvalue weighted by Crippen LogP contribution is -2.31. The summed E-state index contributed by atoms with van der Waals surface area (Å²) in [6.45, 7) is 9.97. The molecule has 21 heavy (non-hydrogen) atoms. The molecule has 0 spiro atoms. The van der Waals surface area contributed by atoms with Crippen molar-refractivity contribution in [2.24, 2.45) is 4.99 Å². The lowest BCUT2D eigenvalue weighted by Gasteiger charge is -2.27. The Bertz CT molecular complexity index is 614. The number of fused-ring (bicyclic) bond motifs is 3. The Morgan fingerprint density at radius 1 is 1.19 bits per heavy atom. The second-order valence-corrected chi connectivity index (χ2v) is 5.74. The highest BCUT2D eigenvalue weighted by molar-refractivity contribution is 6.40. The summed E-state index contributed by atoms with van der Waals surface area (Å²) in [5, 5.41) is 0. The molecule has 0 N–H and O–H groups in total. The maximum Gasteiger partial charge on any atom is 0.155 e. The maximum atomic E-state index is 6.26. The van der Waals surface area contributed by atoms with Crippen LogP contribution in [0.1, 0.15) is 0 Å². The first-order valence-electron chi connectivity index (χ1n) is 6.69. The van der Waals surface area contributed by atoms with Crippen molar-refractivity contribution in [1.82, 2.24) is 0 Å². The van der Waals surface area contributed by atoms with Gasteiger partial charge in [0.1, 0.15) is 5.69 Å². The summed E-state index contributed by atoms with van der Waals surface area (Å²) in [6.07, 6.45) is 5.43. The van der Waals surface area contributed by atoms with E-state index in [0.29, 0.717) is 0 Å². The van der Waals surface area contributed by atoms with Gasteiger partial charge < -0.3 is 9.80 Å². The van der Waals surface area contributed by atoms with E-state index >= 15 is 0 Å². The molecule has 0 radical (unpaired) electrons. The predicted octanol–water partition coefficient (Wildman–Crippen LogP) is 3.88. The van der Waals surface area contributed by atoms with E-state index in [2.05, 4.69) is 34.0 Å². The zero-order chi connectivity index (χ0) is 15.0. The average molecular weight is 323 g/mol. The molecule has 110 valence electrons. The molecule has 0 amide bonds. The highest BCUT2D eigenvalue weighted by Crippen LogP contribution is 2.50. The van der Waals surface area contributed by atoms with Crippen LogP contribution < -0.4 is 14.2 Å². The zero-order valence-electron chi connectivity index (χ0n) is 11.5. The smallest absolute Gasteiger partial charge is 0.155 e. The fraction of sp³-hybridized carbons (Fsp3) is 0.267. The van der Waals surface area contributed by atoms with Gasteiger partial charge in [0.2, 0.25) is 0 Å². The van der Waals surface area contributed by atoms with E-state index in [9.17, 15) is 0 Å². The monoisotopic (exact) mass is 322 g/mol. The number of alkyl halides is 1. The molecule has 2 aliphatic heterocycles. The molecule has 0 fully saturated rings. The molecular formula is C15H16Cl2N4. The van der Waals surface area contributed by atoms with Crippen molar-refractivity contribution in [3.63, 3.8) is 0 Å². The largest absolute Gasteiger partial charge is 0.348 e. The lowest BCUT2D eigenvalue weighted by molar-refractivity contribution is 0.843. The van der Waals surface area contributed by atoms with E-state index in [4.69, 9.17) is 23.4 Å². The molecule has 1 atom stereocenters. The molecule has 0 aromatic heterocycles. The molecule has 6 heteroatoms. The summed E-state index contributed by atoms with van der Waals surface area (Å²) < 4.78 is 1.51.